The summed E-state index contributed by atoms with van der Waals surface area (Å²) in [6, 6.07) is 10.8. The number of nitro benzene ring substituents is 1. The van der Waals surface area contributed by atoms with Crippen LogP contribution in [0.15, 0.2) is 48.7 Å². The zero-order chi connectivity index (χ0) is 22.0. The zero-order valence-electron chi connectivity index (χ0n) is 17.0. The summed E-state index contributed by atoms with van der Waals surface area (Å²) in [5.74, 6) is 0.179. The van der Waals surface area contributed by atoms with E-state index in [1.807, 2.05) is 4.90 Å². The summed E-state index contributed by atoms with van der Waals surface area (Å²) in [6.45, 7) is 2.62. The average molecular weight is 423 g/mol. The van der Waals surface area contributed by atoms with Crippen molar-refractivity contribution in [3.63, 3.8) is 0 Å². The molecule has 1 atom stereocenters. The number of rotatable bonds is 6. The van der Waals surface area contributed by atoms with Gasteiger partial charge in [0.25, 0.3) is 5.69 Å². The van der Waals surface area contributed by atoms with Gasteiger partial charge >= 0.3 is 0 Å². The van der Waals surface area contributed by atoms with Gasteiger partial charge < -0.3 is 10.3 Å². The molecule has 1 saturated heterocycles. The van der Waals surface area contributed by atoms with Crippen LogP contribution in [0.4, 0.5) is 15.8 Å². The number of hydrogen-bond acceptors (Lipinski definition) is 5. The lowest BCUT2D eigenvalue weighted by atomic mass is 10.1. The molecule has 0 spiro atoms. The summed E-state index contributed by atoms with van der Waals surface area (Å²) < 4.78 is 14.1. The van der Waals surface area contributed by atoms with Crippen molar-refractivity contribution in [3.8, 4) is 11.3 Å². The highest BCUT2D eigenvalue weighted by atomic mass is 19.1. The smallest absolute Gasteiger partial charge is 0.269 e. The third-order valence-corrected chi connectivity index (χ3v) is 5.48. The van der Waals surface area contributed by atoms with E-state index < -0.39 is 4.92 Å². The molecule has 1 amide bonds. The lowest BCUT2D eigenvalue weighted by Gasteiger charge is -2.22. The van der Waals surface area contributed by atoms with Gasteiger partial charge in [0, 0.05) is 23.4 Å². The molecule has 1 aliphatic rings. The lowest BCUT2D eigenvalue weighted by Crippen LogP contribution is -2.33. The second-order valence-electron chi connectivity index (χ2n) is 7.59. The number of amides is 1. The van der Waals surface area contributed by atoms with Crippen molar-refractivity contribution >= 4 is 17.3 Å². The maximum Gasteiger partial charge on any atom is 0.269 e. The van der Waals surface area contributed by atoms with E-state index in [4.69, 9.17) is 0 Å². The van der Waals surface area contributed by atoms with Gasteiger partial charge in [-0.25, -0.2) is 9.37 Å². The van der Waals surface area contributed by atoms with Gasteiger partial charge in [0.15, 0.2) is 0 Å². The van der Waals surface area contributed by atoms with E-state index in [1.54, 1.807) is 37.4 Å². The van der Waals surface area contributed by atoms with Crippen molar-refractivity contribution in [1.29, 1.82) is 0 Å². The summed E-state index contributed by atoms with van der Waals surface area (Å²) in [5, 5.41) is 13.7. The maximum atomic E-state index is 14.1. The molecule has 0 radical (unpaired) electrons. The SMILES string of the molecule is Cc1cc([N+](=O)[O-])ccc1NC(=O)CN1CCC[C@H]1c1ncc(-c2ccccc2F)[nH]1. The number of carbonyl (C=O) groups is 1. The average Bonchev–Trinajstić information content (AvgIpc) is 3.39. The third kappa shape index (κ3) is 4.46. The summed E-state index contributed by atoms with van der Waals surface area (Å²) in [7, 11) is 0. The van der Waals surface area contributed by atoms with E-state index in [0.29, 0.717) is 28.3 Å². The molecule has 1 aromatic heterocycles. The molecule has 0 bridgehead atoms. The van der Waals surface area contributed by atoms with Gasteiger partial charge in [0.2, 0.25) is 5.91 Å². The molecule has 2 heterocycles. The molecule has 9 heteroatoms. The van der Waals surface area contributed by atoms with Crippen LogP contribution in [0.2, 0.25) is 0 Å². The number of nitrogens with zero attached hydrogens (tertiary/aromatic N) is 3. The Labute approximate surface area is 178 Å². The van der Waals surface area contributed by atoms with Crippen molar-refractivity contribution in [2.75, 3.05) is 18.4 Å². The molecule has 0 aliphatic carbocycles. The number of halogens is 1. The van der Waals surface area contributed by atoms with Crippen LogP contribution in [0.1, 0.15) is 30.3 Å². The van der Waals surface area contributed by atoms with Crippen LogP contribution < -0.4 is 5.32 Å². The highest BCUT2D eigenvalue weighted by Gasteiger charge is 2.30. The predicted octanol–water partition coefficient (Wildman–Crippen LogP) is 4.21. The normalized spacial score (nSPS) is 16.4. The van der Waals surface area contributed by atoms with E-state index >= 15 is 0 Å². The molecule has 0 saturated carbocycles. The Morgan fingerprint density at radius 2 is 2.16 bits per heavy atom. The van der Waals surface area contributed by atoms with Gasteiger partial charge in [0.05, 0.1) is 29.4 Å². The molecule has 160 valence electrons. The van der Waals surface area contributed by atoms with Crippen LogP contribution in [0, 0.1) is 22.9 Å². The fourth-order valence-electron chi connectivity index (χ4n) is 3.92. The second kappa shape index (κ2) is 8.65. The molecule has 2 aromatic carbocycles. The first-order chi connectivity index (χ1) is 14.9. The Morgan fingerprint density at radius 1 is 1.35 bits per heavy atom. The lowest BCUT2D eigenvalue weighted by molar-refractivity contribution is -0.384. The van der Waals surface area contributed by atoms with Crippen molar-refractivity contribution in [3.05, 3.63) is 76.0 Å². The number of aromatic nitrogens is 2. The number of benzene rings is 2. The van der Waals surface area contributed by atoms with Crippen LogP contribution in [0.5, 0.6) is 0 Å². The molecular weight excluding hydrogens is 401 g/mol. The highest BCUT2D eigenvalue weighted by molar-refractivity contribution is 5.93. The fourth-order valence-corrected chi connectivity index (χ4v) is 3.92. The van der Waals surface area contributed by atoms with Crippen molar-refractivity contribution < 1.29 is 14.1 Å². The van der Waals surface area contributed by atoms with Gasteiger partial charge in [-0.2, -0.15) is 0 Å². The topological polar surface area (TPSA) is 104 Å². The molecule has 0 unspecified atom stereocenters. The quantitative estimate of drug-likeness (QED) is 0.457. The van der Waals surface area contributed by atoms with E-state index in [-0.39, 0.29) is 30.0 Å². The monoisotopic (exact) mass is 423 g/mol. The summed E-state index contributed by atoms with van der Waals surface area (Å²) >= 11 is 0. The number of nitro groups is 1. The number of non-ortho nitro benzene ring substituents is 1. The summed E-state index contributed by atoms with van der Waals surface area (Å²) in [5.41, 5.74) is 2.22. The van der Waals surface area contributed by atoms with E-state index in [9.17, 15) is 19.3 Å². The fraction of sp³-hybridized carbons (Fsp3) is 0.273. The zero-order valence-corrected chi connectivity index (χ0v) is 17.0. The van der Waals surface area contributed by atoms with Gasteiger partial charge in [-0.05, 0) is 50.1 Å². The maximum absolute atomic E-state index is 14.1. The van der Waals surface area contributed by atoms with Crippen LogP contribution in [0.3, 0.4) is 0 Å². The van der Waals surface area contributed by atoms with Crippen molar-refractivity contribution in [1.82, 2.24) is 14.9 Å². The first kappa shape index (κ1) is 20.7. The number of aromatic amines is 1. The van der Waals surface area contributed by atoms with Crippen LogP contribution in [0.25, 0.3) is 11.3 Å². The van der Waals surface area contributed by atoms with E-state index in [2.05, 4.69) is 15.3 Å². The number of H-pyrrole nitrogens is 1. The van der Waals surface area contributed by atoms with Gasteiger partial charge in [-0.15, -0.1) is 0 Å². The van der Waals surface area contributed by atoms with Gasteiger partial charge in [0.1, 0.15) is 11.6 Å². The number of hydrogen-bond donors (Lipinski definition) is 2. The molecular formula is C22H22FN5O3. The number of likely N-dealkylation sites (tertiary alicyclic amines) is 1. The van der Waals surface area contributed by atoms with Crippen LogP contribution in [-0.4, -0.2) is 38.8 Å². The van der Waals surface area contributed by atoms with E-state index in [1.165, 1.54) is 18.2 Å². The molecule has 2 N–H and O–H groups in total. The Hall–Kier alpha value is -3.59. The Morgan fingerprint density at radius 3 is 2.90 bits per heavy atom. The molecule has 1 fully saturated rings. The van der Waals surface area contributed by atoms with Crippen molar-refractivity contribution in [2.45, 2.75) is 25.8 Å². The molecule has 1 aliphatic heterocycles. The number of nitrogens with one attached hydrogen (secondary N) is 2. The molecule has 3 aromatic rings. The molecule has 4 rings (SSSR count). The minimum Gasteiger partial charge on any atom is -0.341 e. The summed E-state index contributed by atoms with van der Waals surface area (Å²) in [6.07, 6.45) is 3.38. The van der Waals surface area contributed by atoms with Gasteiger partial charge in [-0.3, -0.25) is 19.8 Å². The number of carbonyl (C=O) groups excluding carboxylic acids is 1. The van der Waals surface area contributed by atoms with Crippen molar-refractivity contribution in [2.24, 2.45) is 0 Å². The first-order valence-electron chi connectivity index (χ1n) is 10.0. The Kier molecular flexibility index (Phi) is 5.77. The minimum atomic E-state index is -0.466. The third-order valence-electron chi connectivity index (χ3n) is 5.48. The minimum absolute atomic E-state index is 0.0152. The van der Waals surface area contributed by atoms with Gasteiger partial charge in [-0.1, -0.05) is 12.1 Å². The first-order valence-corrected chi connectivity index (χ1v) is 10.0. The Bertz CT molecular complexity index is 1130. The predicted molar refractivity (Wildman–Crippen MR) is 114 cm³/mol. The number of imidazole rings is 1. The summed E-state index contributed by atoms with van der Waals surface area (Å²) in [4.78, 5) is 32.7. The standard InChI is InChI=1S/C22H22FN5O3/c1-14-11-15(28(30)31)8-9-18(14)25-21(29)13-27-10-4-7-20(27)22-24-12-19(26-22)16-5-2-3-6-17(16)23/h2-3,5-6,8-9,11-12,20H,4,7,10,13H2,1H3,(H,24,26)(H,25,29)/t20-/m0/s1. The number of aryl methyl sites for hydroxylation is 1. The van der Waals surface area contributed by atoms with E-state index in [0.717, 1.165) is 19.4 Å². The molecule has 8 nitrogen and oxygen atoms in total. The molecule has 31 heavy (non-hydrogen) atoms. The Balaban J connectivity index is 1.44. The highest BCUT2D eigenvalue weighted by Crippen LogP contribution is 2.32. The van der Waals surface area contributed by atoms with Crippen LogP contribution >= 0.6 is 0 Å². The second-order valence-corrected chi connectivity index (χ2v) is 7.59. The largest absolute Gasteiger partial charge is 0.341 e. The van der Waals surface area contributed by atoms with Crippen LogP contribution in [-0.2, 0) is 4.79 Å². The number of anilines is 1.